The van der Waals surface area contributed by atoms with Gasteiger partial charge in [0.25, 0.3) is 0 Å². The molecule has 0 unspecified atom stereocenters. The molecule has 4 N–H and O–H groups in total. The molecule has 0 atom stereocenters. The molecule has 1 amide bonds. The number of fused-ring (bicyclic) bond motifs is 1. The average Bonchev–Trinajstić information content (AvgIpc) is 2.71. The van der Waals surface area contributed by atoms with Crippen LogP contribution in [-0.2, 0) is 11.2 Å². The Kier molecular flexibility index (Phi) is 3.64. The van der Waals surface area contributed by atoms with Crippen LogP contribution >= 0.6 is 0 Å². The van der Waals surface area contributed by atoms with Crippen LogP contribution in [0.5, 0.6) is 0 Å². The number of aromatic nitrogens is 2. The third-order valence-electron chi connectivity index (χ3n) is 2.60. The molecule has 0 aliphatic heterocycles. The van der Waals surface area contributed by atoms with Gasteiger partial charge in [-0.1, -0.05) is 6.07 Å². The van der Waals surface area contributed by atoms with Crippen molar-refractivity contribution in [3.63, 3.8) is 0 Å². The van der Waals surface area contributed by atoms with Gasteiger partial charge in [0, 0.05) is 13.5 Å². The van der Waals surface area contributed by atoms with Crippen LogP contribution in [0, 0.1) is 0 Å². The van der Waals surface area contributed by atoms with Crippen molar-refractivity contribution in [2.24, 2.45) is 0 Å². The predicted molar refractivity (Wildman–Crippen MR) is 68.3 cm³/mol. The number of amides is 1. The Morgan fingerprint density at radius 1 is 1.50 bits per heavy atom. The van der Waals surface area contributed by atoms with Crippen LogP contribution in [0.15, 0.2) is 18.2 Å². The molecule has 0 saturated heterocycles. The maximum atomic E-state index is 10.7. The Labute approximate surface area is 104 Å². The van der Waals surface area contributed by atoms with Crippen molar-refractivity contribution in [3.8, 4) is 0 Å². The SMILES string of the molecule is CC(=O)NCCc1ccc2nc(B(O)O)[nH]c2c1. The van der Waals surface area contributed by atoms with Crippen molar-refractivity contribution in [1.29, 1.82) is 0 Å². The summed E-state index contributed by atoms with van der Waals surface area (Å²) in [6.45, 7) is 2.05. The van der Waals surface area contributed by atoms with Gasteiger partial charge in [0.1, 0.15) is 5.72 Å². The number of aromatic amines is 1. The lowest BCUT2D eigenvalue weighted by atomic mass is 9.91. The molecule has 6 nitrogen and oxygen atoms in total. The van der Waals surface area contributed by atoms with E-state index in [-0.39, 0.29) is 11.6 Å². The van der Waals surface area contributed by atoms with Crippen LogP contribution in [0.3, 0.4) is 0 Å². The minimum absolute atomic E-state index is 0.0525. The van der Waals surface area contributed by atoms with Gasteiger partial charge in [-0.3, -0.25) is 4.79 Å². The summed E-state index contributed by atoms with van der Waals surface area (Å²) in [4.78, 5) is 17.6. The normalized spacial score (nSPS) is 10.6. The Balaban J connectivity index is 2.14. The number of imidazole rings is 1. The fourth-order valence-electron chi connectivity index (χ4n) is 1.74. The van der Waals surface area contributed by atoms with E-state index in [9.17, 15) is 4.79 Å². The zero-order chi connectivity index (χ0) is 13.1. The highest BCUT2D eigenvalue weighted by atomic mass is 16.4. The number of benzene rings is 1. The summed E-state index contributed by atoms with van der Waals surface area (Å²) in [5.74, 6) is -0.0525. The number of hydrogen-bond donors (Lipinski definition) is 4. The zero-order valence-electron chi connectivity index (χ0n) is 9.97. The summed E-state index contributed by atoms with van der Waals surface area (Å²) >= 11 is 0. The second kappa shape index (κ2) is 5.20. The quantitative estimate of drug-likeness (QED) is 0.516. The van der Waals surface area contributed by atoms with Crippen LogP contribution in [0.4, 0.5) is 0 Å². The Morgan fingerprint density at radius 3 is 2.94 bits per heavy atom. The fourth-order valence-corrected chi connectivity index (χ4v) is 1.74. The molecule has 1 aromatic carbocycles. The van der Waals surface area contributed by atoms with Gasteiger partial charge in [-0.15, -0.1) is 0 Å². The molecule has 0 spiro atoms. The van der Waals surface area contributed by atoms with Gasteiger partial charge in [-0.05, 0) is 24.1 Å². The van der Waals surface area contributed by atoms with E-state index >= 15 is 0 Å². The number of nitrogens with one attached hydrogen (secondary N) is 2. The maximum absolute atomic E-state index is 10.7. The first-order chi connectivity index (χ1) is 8.56. The van der Waals surface area contributed by atoms with E-state index in [1.165, 1.54) is 6.92 Å². The first kappa shape index (κ1) is 12.6. The molecule has 0 bridgehead atoms. The van der Waals surface area contributed by atoms with Crippen molar-refractivity contribution < 1.29 is 14.8 Å². The molecule has 2 aromatic rings. The lowest BCUT2D eigenvalue weighted by molar-refractivity contribution is -0.118. The first-order valence-corrected chi connectivity index (χ1v) is 5.65. The monoisotopic (exact) mass is 247 g/mol. The van der Waals surface area contributed by atoms with Crippen LogP contribution in [0.25, 0.3) is 11.0 Å². The molecular weight excluding hydrogens is 233 g/mol. The molecule has 18 heavy (non-hydrogen) atoms. The number of hydrogen-bond acceptors (Lipinski definition) is 4. The van der Waals surface area contributed by atoms with Crippen LogP contribution in [0.1, 0.15) is 12.5 Å². The number of carbonyl (C=O) groups excluding carboxylic acids is 1. The lowest BCUT2D eigenvalue weighted by Gasteiger charge is -2.02. The van der Waals surface area contributed by atoms with Gasteiger partial charge in [0.2, 0.25) is 5.91 Å². The number of rotatable bonds is 4. The van der Waals surface area contributed by atoms with Gasteiger partial charge in [-0.25, -0.2) is 4.98 Å². The second-order valence-electron chi connectivity index (χ2n) is 4.08. The second-order valence-corrected chi connectivity index (χ2v) is 4.08. The highest BCUT2D eigenvalue weighted by Crippen LogP contribution is 2.11. The third kappa shape index (κ3) is 2.88. The summed E-state index contributed by atoms with van der Waals surface area (Å²) in [6, 6.07) is 5.59. The standard InChI is InChI=1S/C11H14BN3O3/c1-7(16)13-5-4-8-2-3-9-10(6-8)15-11(14-9)12(17)18/h2-3,6,17-18H,4-5H2,1H3,(H,13,16)(H,14,15). The highest BCUT2D eigenvalue weighted by Gasteiger charge is 2.15. The molecule has 2 rings (SSSR count). The van der Waals surface area contributed by atoms with E-state index in [1.807, 2.05) is 12.1 Å². The summed E-state index contributed by atoms with van der Waals surface area (Å²) in [5, 5.41) is 20.7. The van der Waals surface area contributed by atoms with Gasteiger partial charge < -0.3 is 20.3 Å². The van der Waals surface area contributed by atoms with E-state index in [1.54, 1.807) is 6.07 Å². The number of nitrogens with zero attached hydrogens (tertiary/aromatic N) is 1. The highest BCUT2D eigenvalue weighted by molar-refractivity contribution is 6.56. The fraction of sp³-hybridized carbons (Fsp3) is 0.273. The topological polar surface area (TPSA) is 98.2 Å². The molecule has 7 heteroatoms. The van der Waals surface area contributed by atoms with Crippen LogP contribution in [-0.4, -0.2) is 39.6 Å². The Morgan fingerprint density at radius 2 is 2.28 bits per heavy atom. The number of carbonyl (C=O) groups is 1. The van der Waals surface area contributed by atoms with E-state index in [0.29, 0.717) is 18.5 Å². The maximum Gasteiger partial charge on any atom is 0.526 e. The van der Waals surface area contributed by atoms with Crippen LogP contribution in [0.2, 0.25) is 0 Å². The smallest absolute Gasteiger partial charge is 0.421 e. The minimum atomic E-state index is -1.60. The Bertz CT molecular complexity index is 568. The molecule has 94 valence electrons. The molecule has 0 radical (unpaired) electrons. The minimum Gasteiger partial charge on any atom is -0.421 e. The molecule has 0 aliphatic carbocycles. The van der Waals surface area contributed by atoms with E-state index in [0.717, 1.165) is 11.1 Å². The zero-order valence-corrected chi connectivity index (χ0v) is 9.97. The molecule has 1 heterocycles. The van der Waals surface area contributed by atoms with Gasteiger partial charge >= 0.3 is 7.12 Å². The van der Waals surface area contributed by atoms with E-state index in [2.05, 4.69) is 15.3 Å². The molecular formula is C11H14BN3O3. The number of H-pyrrole nitrogens is 1. The van der Waals surface area contributed by atoms with Crippen molar-refractivity contribution in [2.75, 3.05) is 6.54 Å². The Hall–Kier alpha value is -1.86. The average molecular weight is 247 g/mol. The molecule has 0 saturated carbocycles. The van der Waals surface area contributed by atoms with Gasteiger partial charge in [0.15, 0.2) is 0 Å². The summed E-state index contributed by atoms with van der Waals surface area (Å²) in [7, 11) is -1.60. The van der Waals surface area contributed by atoms with Crippen molar-refractivity contribution in [3.05, 3.63) is 23.8 Å². The molecule has 0 aliphatic rings. The van der Waals surface area contributed by atoms with Crippen molar-refractivity contribution >= 4 is 29.8 Å². The van der Waals surface area contributed by atoms with E-state index < -0.39 is 7.12 Å². The molecule has 1 aromatic heterocycles. The van der Waals surface area contributed by atoms with Gasteiger partial charge in [-0.2, -0.15) is 0 Å². The lowest BCUT2D eigenvalue weighted by Crippen LogP contribution is -2.33. The summed E-state index contributed by atoms with van der Waals surface area (Å²) in [6.07, 6.45) is 0.714. The predicted octanol–water partition coefficient (Wildman–Crippen LogP) is -1.08. The van der Waals surface area contributed by atoms with Gasteiger partial charge in [0.05, 0.1) is 11.0 Å². The summed E-state index contributed by atoms with van der Waals surface area (Å²) < 4.78 is 0. The third-order valence-corrected chi connectivity index (χ3v) is 2.60. The van der Waals surface area contributed by atoms with Crippen molar-refractivity contribution in [2.45, 2.75) is 13.3 Å². The first-order valence-electron chi connectivity index (χ1n) is 5.65. The van der Waals surface area contributed by atoms with E-state index in [4.69, 9.17) is 10.0 Å². The molecule has 0 fully saturated rings. The van der Waals surface area contributed by atoms with Crippen LogP contribution < -0.4 is 11.0 Å². The largest absolute Gasteiger partial charge is 0.526 e. The summed E-state index contributed by atoms with van der Waals surface area (Å²) in [5.41, 5.74) is 2.60. The van der Waals surface area contributed by atoms with Crippen molar-refractivity contribution in [1.82, 2.24) is 15.3 Å².